The summed E-state index contributed by atoms with van der Waals surface area (Å²) < 4.78 is 11.0. The van der Waals surface area contributed by atoms with E-state index in [1.54, 1.807) is 0 Å². The van der Waals surface area contributed by atoms with Crippen molar-refractivity contribution in [1.82, 2.24) is 0 Å². The Labute approximate surface area is 159 Å². The molecule has 1 aliphatic rings. The summed E-state index contributed by atoms with van der Waals surface area (Å²) in [7, 11) is 0. The molecular formula is C21H40O5. The third-order valence-corrected chi connectivity index (χ3v) is 4.99. The number of allylic oxidation sites excluding steroid dienone is 2. The zero-order valence-electron chi connectivity index (χ0n) is 16.5. The smallest absolute Gasteiger partial charge is 0.114 e. The predicted molar refractivity (Wildman–Crippen MR) is 104 cm³/mol. The average molecular weight is 373 g/mol. The van der Waals surface area contributed by atoms with E-state index in [-0.39, 0.29) is 13.2 Å². The first-order chi connectivity index (χ1) is 12.7. The van der Waals surface area contributed by atoms with Crippen LogP contribution >= 0.6 is 0 Å². The van der Waals surface area contributed by atoms with Crippen LogP contribution < -0.4 is 0 Å². The van der Waals surface area contributed by atoms with E-state index in [0.717, 1.165) is 19.3 Å². The zero-order chi connectivity index (χ0) is 19.0. The fraction of sp³-hybridized carbons (Fsp3) is 0.905. The van der Waals surface area contributed by atoms with Crippen LogP contribution in [0.4, 0.5) is 0 Å². The van der Waals surface area contributed by atoms with Crippen molar-refractivity contribution in [3.63, 3.8) is 0 Å². The van der Waals surface area contributed by atoms with Gasteiger partial charge in [0.1, 0.15) is 24.4 Å². The number of hydrogen-bond acceptors (Lipinski definition) is 5. The monoisotopic (exact) mass is 372 g/mol. The molecule has 26 heavy (non-hydrogen) atoms. The first-order valence-electron chi connectivity index (χ1n) is 10.6. The first kappa shape index (κ1) is 23.6. The molecule has 0 aromatic rings. The molecule has 1 fully saturated rings. The SMILES string of the molecule is CC/C=C/CCCCCCCCCCCO[C@@H]1[C@@H](O)[C@H](O)CO[C@H]1CO. The molecule has 0 aromatic carbocycles. The van der Waals surface area contributed by atoms with Crippen LogP contribution in [0.5, 0.6) is 0 Å². The van der Waals surface area contributed by atoms with Gasteiger partial charge in [-0.1, -0.05) is 64.0 Å². The lowest BCUT2D eigenvalue weighted by molar-refractivity contribution is -0.211. The molecule has 0 unspecified atom stereocenters. The minimum absolute atomic E-state index is 0.0433. The van der Waals surface area contributed by atoms with Gasteiger partial charge in [0, 0.05) is 6.61 Å². The van der Waals surface area contributed by atoms with Crippen molar-refractivity contribution >= 4 is 0 Å². The van der Waals surface area contributed by atoms with Gasteiger partial charge in [-0.2, -0.15) is 0 Å². The molecule has 0 saturated carbocycles. The summed E-state index contributed by atoms with van der Waals surface area (Å²) in [6.45, 7) is 2.54. The first-order valence-corrected chi connectivity index (χ1v) is 10.6. The van der Waals surface area contributed by atoms with Gasteiger partial charge in [0.25, 0.3) is 0 Å². The second-order valence-electron chi connectivity index (χ2n) is 7.30. The molecule has 0 aliphatic carbocycles. The van der Waals surface area contributed by atoms with E-state index in [4.69, 9.17) is 9.47 Å². The van der Waals surface area contributed by atoms with Gasteiger partial charge in [-0.3, -0.25) is 0 Å². The largest absolute Gasteiger partial charge is 0.394 e. The maximum absolute atomic E-state index is 9.97. The van der Waals surface area contributed by atoms with Crippen LogP contribution in [0.25, 0.3) is 0 Å². The van der Waals surface area contributed by atoms with Crippen molar-refractivity contribution in [2.45, 2.75) is 102 Å². The summed E-state index contributed by atoms with van der Waals surface area (Å²) in [5, 5.41) is 28.9. The predicted octanol–water partition coefficient (Wildman–Crippen LogP) is 3.35. The number of ether oxygens (including phenoxy) is 2. The maximum Gasteiger partial charge on any atom is 0.114 e. The highest BCUT2D eigenvalue weighted by Gasteiger charge is 2.39. The molecule has 0 spiro atoms. The standard InChI is InChI=1S/C21H40O5/c1-2-3-4-5-6-7-8-9-10-11-12-13-14-15-25-21-19(16-22)26-17-18(23)20(21)24/h3-4,18-24H,2,5-17H2,1H3/b4-3+/t18-,19+,20+,21+/m1/s1. The van der Waals surface area contributed by atoms with Crippen LogP contribution in [-0.4, -0.2) is 59.6 Å². The van der Waals surface area contributed by atoms with E-state index in [2.05, 4.69) is 19.1 Å². The zero-order valence-corrected chi connectivity index (χ0v) is 16.5. The van der Waals surface area contributed by atoms with Gasteiger partial charge in [-0.05, 0) is 25.7 Å². The van der Waals surface area contributed by atoms with Gasteiger partial charge >= 0.3 is 0 Å². The molecule has 154 valence electrons. The van der Waals surface area contributed by atoms with E-state index in [9.17, 15) is 15.3 Å². The molecular weight excluding hydrogens is 332 g/mol. The molecule has 1 rings (SSSR count). The number of aliphatic hydroxyl groups excluding tert-OH is 3. The summed E-state index contributed by atoms with van der Waals surface area (Å²) >= 11 is 0. The topological polar surface area (TPSA) is 79.2 Å². The third-order valence-electron chi connectivity index (χ3n) is 4.99. The lowest BCUT2D eigenvalue weighted by Gasteiger charge is -2.37. The summed E-state index contributed by atoms with van der Waals surface area (Å²) in [5.74, 6) is 0. The average Bonchev–Trinajstić information content (AvgIpc) is 2.65. The Balaban J connectivity index is 1.92. The fourth-order valence-corrected chi connectivity index (χ4v) is 3.32. The Morgan fingerprint density at radius 2 is 1.54 bits per heavy atom. The number of aliphatic hydroxyl groups is 3. The third kappa shape index (κ3) is 10.0. The van der Waals surface area contributed by atoms with Gasteiger partial charge in [-0.25, -0.2) is 0 Å². The molecule has 5 nitrogen and oxygen atoms in total. The summed E-state index contributed by atoms with van der Waals surface area (Å²) in [6.07, 6.45) is 14.9. The molecule has 3 N–H and O–H groups in total. The summed E-state index contributed by atoms with van der Waals surface area (Å²) in [6, 6.07) is 0. The van der Waals surface area contributed by atoms with Crippen molar-refractivity contribution in [3.05, 3.63) is 12.2 Å². The number of rotatable bonds is 15. The van der Waals surface area contributed by atoms with E-state index >= 15 is 0 Å². The second kappa shape index (κ2) is 15.6. The van der Waals surface area contributed by atoms with E-state index in [0.29, 0.717) is 6.61 Å². The number of unbranched alkanes of at least 4 members (excludes halogenated alkanes) is 9. The van der Waals surface area contributed by atoms with E-state index < -0.39 is 24.4 Å². The minimum atomic E-state index is -0.988. The molecule has 1 aliphatic heterocycles. The molecule has 0 aromatic heterocycles. The van der Waals surface area contributed by atoms with Gasteiger partial charge in [0.2, 0.25) is 0 Å². The molecule has 0 radical (unpaired) electrons. The fourth-order valence-electron chi connectivity index (χ4n) is 3.32. The molecule has 4 atom stereocenters. The van der Waals surface area contributed by atoms with Crippen molar-refractivity contribution in [2.24, 2.45) is 0 Å². The summed E-state index contributed by atoms with van der Waals surface area (Å²) in [4.78, 5) is 0. The number of hydrogen-bond donors (Lipinski definition) is 3. The molecule has 0 bridgehead atoms. The normalized spacial score (nSPS) is 26.6. The van der Waals surface area contributed by atoms with Crippen LogP contribution in [0.2, 0.25) is 0 Å². The highest BCUT2D eigenvalue weighted by Crippen LogP contribution is 2.19. The van der Waals surface area contributed by atoms with Gasteiger partial charge in [0.15, 0.2) is 0 Å². The molecule has 1 saturated heterocycles. The Hall–Kier alpha value is -0.460. The Morgan fingerprint density at radius 1 is 0.923 bits per heavy atom. The van der Waals surface area contributed by atoms with Gasteiger partial charge < -0.3 is 24.8 Å². The summed E-state index contributed by atoms with van der Waals surface area (Å²) in [5.41, 5.74) is 0. The van der Waals surface area contributed by atoms with Crippen LogP contribution in [0.1, 0.15) is 77.6 Å². The van der Waals surface area contributed by atoms with Crippen molar-refractivity contribution in [1.29, 1.82) is 0 Å². The Bertz CT molecular complexity index is 345. The highest BCUT2D eigenvalue weighted by atomic mass is 16.6. The van der Waals surface area contributed by atoms with E-state index in [1.165, 1.54) is 51.4 Å². The molecule has 1 heterocycles. The Morgan fingerprint density at radius 3 is 2.15 bits per heavy atom. The molecule has 0 amide bonds. The van der Waals surface area contributed by atoms with Crippen LogP contribution in [0.15, 0.2) is 12.2 Å². The lowest BCUT2D eigenvalue weighted by atomic mass is 10.0. The van der Waals surface area contributed by atoms with Crippen molar-refractivity contribution < 1.29 is 24.8 Å². The quantitative estimate of drug-likeness (QED) is 0.303. The lowest BCUT2D eigenvalue weighted by Crippen LogP contribution is -2.55. The maximum atomic E-state index is 9.97. The van der Waals surface area contributed by atoms with Crippen molar-refractivity contribution in [2.75, 3.05) is 19.8 Å². The Kier molecular flexibility index (Phi) is 14.1. The van der Waals surface area contributed by atoms with E-state index in [1.807, 2.05) is 0 Å². The minimum Gasteiger partial charge on any atom is -0.394 e. The second-order valence-corrected chi connectivity index (χ2v) is 7.30. The van der Waals surface area contributed by atoms with Crippen LogP contribution in [0, 0.1) is 0 Å². The van der Waals surface area contributed by atoms with Gasteiger partial charge in [-0.15, -0.1) is 0 Å². The van der Waals surface area contributed by atoms with Crippen molar-refractivity contribution in [3.8, 4) is 0 Å². The van der Waals surface area contributed by atoms with Crippen LogP contribution in [-0.2, 0) is 9.47 Å². The van der Waals surface area contributed by atoms with Crippen LogP contribution in [0.3, 0.4) is 0 Å². The molecule has 5 heteroatoms. The highest BCUT2D eigenvalue weighted by molar-refractivity contribution is 4.87. The van der Waals surface area contributed by atoms with Gasteiger partial charge in [0.05, 0.1) is 13.2 Å².